The Bertz CT molecular complexity index is 283. The first-order valence-electron chi connectivity index (χ1n) is 8.60. The second kappa shape index (κ2) is 10.3. The van der Waals surface area contributed by atoms with Gasteiger partial charge in [0.2, 0.25) is 0 Å². The van der Waals surface area contributed by atoms with Crippen LogP contribution in [0.25, 0.3) is 0 Å². The lowest BCUT2D eigenvalue weighted by molar-refractivity contribution is 0.374. The quantitative estimate of drug-likeness (QED) is 0.436. The van der Waals surface area contributed by atoms with Crippen molar-refractivity contribution in [1.82, 2.24) is 0 Å². The first kappa shape index (κ1) is 22.5. The molecule has 0 saturated carbocycles. The van der Waals surface area contributed by atoms with E-state index < -0.39 is 25.2 Å². The van der Waals surface area contributed by atoms with E-state index in [0.717, 1.165) is 50.5 Å². The summed E-state index contributed by atoms with van der Waals surface area (Å²) in [4.78, 5) is 0. The molecule has 0 bridgehead atoms. The van der Waals surface area contributed by atoms with Crippen LogP contribution in [0, 0.1) is 0 Å². The van der Waals surface area contributed by atoms with E-state index in [1.54, 1.807) is 0 Å². The van der Waals surface area contributed by atoms with E-state index in [2.05, 4.69) is 32.7 Å². The Morgan fingerprint density at radius 3 is 1.23 bits per heavy atom. The number of hydrogen-bond donors (Lipinski definition) is 3. The monoisotopic (exact) mass is 365 g/mol. The second-order valence-electron chi connectivity index (χ2n) is 7.53. The molecule has 0 aromatic heterocycles. The molecule has 0 fully saturated rings. The molecule has 0 spiro atoms. The first-order valence-corrected chi connectivity index (χ1v) is 17.4. The van der Waals surface area contributed by atoms with E-state index in [-0.39, 0.29) is 0 Å². The molecule has 5 nitrogen and oxygen atoms in total. The summed E-state index contributed by atoms with van der Waals surface area (Å²) in [5.41, 5.74) is 17.0. The molecule has 0 aromatic carbocycles. The van der Waals surface area contributed by atoms with Gasteiger partial charge >= 0.3 is 8.56 Å². The Morgan fingerprint density at radius 2 is 0.909 bits per heavy atom. The highest BCUT2D eigenvalue weighted by molar-refractivity contribution is 6.88. The van der Waals surface area contributed by atoms with Crippen LogP contribution in [-0.2, 0) is 8.23 Å². The molecule has 0 aliphatic rings. The maximum atomic E-state index is 6.69. The zero-order valence-electron chi connectivity index (χ0n) is 15.4. The van der Waals surface area contributed by atoms with Gasteiger partial charge in [0.15, 0.2) is 16.6 Å². The van der Waals surface area contributed by atoms with E-state index in [1.165, 1.54) is 0 Å². The summed E-state index contributed by atoms with van der Waals surface area (Å²) in [6, 6.07) is 3.19. The Hall–Kier alpha value is 0.451. The van der Waals surface area contributed by atoms with Gasteiger partial charge in [-0.25, -0.2) is 0 Å². The summed E-state index contributed by atoms with van der Waals surface area (Å²) in [6.07, 6.45) is 3.05. The van der Waals surface area contributed by atoms with Gasteiger partial charge in [-0.3, -0.25) is 0 Å². The van der Waals surface area contributed by atoms with Crippen LogP contribution < -0.4 is 17.2 Å². The van der Waals surface area contributed by atoms with Gasteiger partial charge in [0, 0.05) is 0 Å². The maximum absolute atomic E-state index is 6.69. The molecule has 0 aromatic rings. The van der Waals surface area contributed by atoms with Crippen LogP contribution in [0.1, 0.15) is 19.3 Å². The lowest BCUT2D eigenvalue weighted by Crippen LogP contribution is -2.54. The van der Waals surface area contributed by atoms with Crippen molar-refractivity contribution in [2.45, 2.75) is 70.1 Å². The fraction of sp³-hybridized carbons (Fsp3) is 1.00. The molecule has 0 amide bonds. The van der Waals surface area contributed by atoms with E-state index >= 15 is 0 Å². The summed E-state index contributed by atoms with van der Waals surface area (Å²) in [6.45, 7) is 13.5. The highest BCUT2D eigenvalue weighted by atomic mass is 28.5. The summed E-state index contributed by atoms with van der Waals surface area (Å²) in [5, 5.41) is 0. The molecule has 8 heteroatoms. The van der Waals surface area contributed by atoms with Crippen molar-refractivity contribution >= 4 is 25.2 Å². The fourth-order valence-electron chi connectivity index (χ4n) is 2.87. The lowest BCUT2D eigenvalue weighted by atomic mass is 10.5. The molecule has 0 unspecified atom stereocenters. The molecule has 0 rings (SSSR count). The summed E-state index contributed by atoms with van der Waals surface area (Å²) >= 11 is 0. The maximum Gasteiger partial charge on any atom is 0.314 e. The third kappa shape index (κ3) is 10.3. The van der Waals surface area contributed by atoms with Crippen LogP contribution in [0.5, 0.6) is 0 Å². The standard InChI is InChI=1S/C14H39N3O2Si3/c1-20(2,12-6-9-15)18-22(5,14-8-11-17)19-21(3,4)13-7-10-16/h6-17H2,1-5H3. The smallest absolute Gasteiger partial charge is 0.314 e. The lowest BCUT2D eigenvalue weighted by Gasteiger charge is -2.41. The van der Waals surface area contributed by atoms with Crippen LogP contribution in [-0.4, -0.2) is 44.8 Å². The zero-order chi connectivity index (χ0) is 17.3. The molecule has 0 aliphatic carbocycles. The van der Waals surface area contributed by atoms with Gasteiger partial charge in [-0.2, -0.15) is 0 Å². The van der Waals surface area contributed by atoms with Gasteiger partial charge < -0.3 is 25.4 Å². The van der Waals surface area contributed by atoms with Crippen molar-refractivity contribution in [2.75, 3.05) is 19.6 Å². The average Bonchev–Trinajstić information content (AvgIpc) is 2.39. The third-order valence-electron chi connectivity index (χ3n) is 3.79. The van der Waals surface area contributed by atoms with Gasteiger partial charge in [0.1, 0.15) is 0 Å². The van der Waals surface area contributed by atoms with Gasteiger partial charge in [0.25, 0.3) is 0 Å². The van der Waals surface area contributed by atoms with Crippen molar-refractivity contribution in [1.29, 1.82) is 0 Å². The molecular weight excluding hydrogens is 326 g/mol. The highest BCUT2D eigenvalue weighted by Gasteiger charge is 2.42. The predicted molar refractivity (Wildman–Crippen MR) is 104 cm³/mol. The Labute approximate surface area is 140 Å². The molecule has 0 atom stereocenters. The molecule has 6 N–H and O–H groups in total. The minimum atomic E-state index is -2.18. The summed E-state index contributed by atoms with van der Waals surface area (Å²) in [7, 11) is -5.63. The van der Waals surface area contributed by atoms with Crippen LogP contribution in [0.3, 0.4) is 0 Å². The third-order valence-corrected chi connectivity index (χ3v) is 16.0. The van der Waals surface area contributed by atoms with Crippen molar-refractivity contribution in [3.63, 3.8) is 0 Å². The minimum Gasteiger partial charge on any atom is -0.436 e. The first-order chi connectivity index (χ1) is 10.1. The van der Waals surface area contributed by atoms with Crippen LogP contribution in [0.4, 0.5) is 0 Å². The van der Waals surface area contributed by atoms with E-state index in [0.29, 0.717) is 6.54 Å². The number of rotatable bonds is 13. The van der Waals surface area contributed by atoms with Gasteiger partial charge in [0.05, 0.1) is 0 Å². The summed E-state index contributed by atoms with van der Waals surface area (Å²) < 4.78 is 13.4. The topological polar surface area (TPSA) is 96.5 Å². The van der Waals surface area contributed by atoms with Gasteiger partial charge in [-0.1, -0.05) is 0 Å². The molecular formula is C14H39N3O2Si3. The van der Waals surface area contributed by atoms with E-state index in [9.17, 15) is 0 Å². The Kier molecular flexibility index (Phi) is 10.6. The predicted octanol–water partition coefficient (Wildman–Crippen LogP) is 2.55. The van der Waals surface area contributed by atoms with Crippen LogP contribution >= 0.6 is 0 Å². The van der Waals surface area contributed by atoms with E-state index in [4.69, 9.17) is 25.4 Å². The molecule has 0 heterocycles. The Morgan fingerprint density at radius 1 is 0.591 bits per heavy atom. The zero-order valence-corrected chi connectivity index (χ0v) is 18.4. The highest BCUT2D eigenvalue weighted by Crippen LogP contribution is 2.29. The molecule has 0 saturated heterocycles. The number of hydrogen-bond acceptors (Lipinski definition) is 5. The van der Waals surface area contributed by atoms with Crippen LogP contribution in [0.2, 0.25) is 50.9 Å². The van der Waals surface area contributed by atoms with Crippen molar-refractivity contribution in [3.8, 4) is 0 Å². The van der Waals surface area contributed by atoms with Crippen molar-refractivity contribution < 1.29 is 8.23 Å². The largest absolute Gasteiger partial charge is 0.436 e. The number of nitrogens with two attached hydrogens (primary N) is 3. The molecule has 0 aliphatic heterocycles. The normalized spacial score (nSPS) is 13.6. The van der Waals surface area contributed by atoms with Crippen LogP contribution in [0.15, 0.2) is 0 Å². The SMILES string of the molecule is C[Si](C)(CCCN)O[Si](C)(CCCN)O[Si](C)(C)CCCN. The Balaban J connectivity index is 4.89. The summed E-state index contributed by atoms with van der Waals surface area (Å²) in [5.74, 6) is 0. The van der Waals surface area contributed by atoms with Gasteiger partial charge in [-0.05, 0) is 89.8 Å². The van der Waals surface area contributed by atoms with Crippen molar-refractivity contribution in [3.05, 3.63) is 0 Å². The molecule has 134 valence electrons. The molecule has 0 radical (unpaired) electrons. The fourth-order valence-corrected chi connectivity index (χ4v) is 17.4. The van der Waals surface area contributed by atoms with Gasteiger partial charge in [-0.15, -0.1) is 0 Å². The molecule has 22 heavy (non-hydrogen) atoms. The average molecular weight is 366 g/mol. The van der Waals surface area contributed by atoms with E-state index in [1.807, 2.05) is 0 Å². The van der Waals surface area contributed by atoms with Crippen molar-refractivity contribution in [2.24, 2.45) is 17.2 Å². The second-order valence-corrected chi connectivity index (χ2v) is 20.0. The minimum absolute atomic E-state index is 0.699.